The molecule has 1 aromatic heterocycles. The van der Waals surface area contributed by atoms with Crippen molar-refractivity contribution in [3.05, 3.63) is 27.2 Å². The van der Waals surface area contributed by atoms with Crippen LogP contribution in [0.15, 0.2) is 21.1 Å². The van der Waals surface area contributed by atoms with Crippen molar-refractivity contribution < 1.29 is 4.79 Å². The van der Waals surface area contributed by atoms with Gasteiger partial charge in [0, 0.05) is 20.3 Å². The molecule has 1 aliphatic rings. The maximum Gasteiger partial charge on any atom is 0.294 e. The van der Waals surface area contributed by atoms with Gasteiger partial charge in [0.25, 0.3) is 11.5 Å². The average Bonchev–Trinajstić information content (AvgIpc) is 2.25. The van der Waals surface area contributed by atoms with Gasteiger partial charge in [-0.1, -0.05) is 0 Å². The highest BCUT2D eigenvalue weighted by atomic mass is 32.2. The van der Waals surface area contributed by atoms with Crippen LogP contribution < -0.4 is 11.0 Å². The van der Waals surface area contributed by atoms with Gasteiger partial charge in [-0.25, -0.2) is 0 Å². The predicted molar refractivity (Wildman–Crippen MR) is 63.0 cm³/mol. The maximum absolute atomic E-state index is 11.7. The second-order valence-corrected chi connectivity index (χ2v) is 4.72. The lowest BCUT2D eigenvalue weighted by atomic mass is 10.5. The highest BCUT2D eigenvalue weighted by molar-refractivity contribution is 8.04. The summed E-state index contributed by atoms with van der Waals surface area (Å²) in [7, 11) is 3.62. The average molecular weight is 253 g/mol. The van der Waals surface area contributed by atoms with E-state index >= 15 is 0 Å². The Morgan fingerprint density at radius 2 is 2.06 bits per heavy atom. The minimum absolute atomic E-state index is 0.245. The normalized spacial score (nSPS) is 16.6. The van der Waals surface area contributed by atoms with Crippen LogP contribution in [0, 0.1) is 6.92 Å². The highest BCUT2D eigenvalue weighted by Gasteiger charge is 2.24. The van der Waals surface area contributed by atoms with E-state index in [9.17, 15) is 9.59 Å². The van der Waals surface area contributed by atoms with Crippen molar-refractivity contribution in [3.8, 4) is 0 Å². The van der Waals surface area contributed by atoms with E-state index in [0.717, 1.165) is 16.4 Å². The van der Waals surface area contributed by atoms with Gasteiger partial charge in [-0.05, 0) is 18.7 Å². The van der Waals surface area contributed by atoms with Gasteiger partial charge >= 0.3 is 0 Å². The number of fused-ring (bicyclic) bond motifs is 1. The summed E-state index contributed by atoms with van der Waals surface area (Å²) in [5.74, 6) is -0.328. The number of hydrogen-bond acceptors (Lipinski definition) is 6. The molecule has 2 rings (SSSR count). The molecule has 0 fully saturated rings. The lowest BCUT2D eigenvalue weighted by Gasteiger charge is -2.19. The molecule has 1 aromatic rings. The van der Waals surface area contributed by atoms with Gasteiger partial charge in [0.1, 0.15) is 5.69 Å². The van der Waals surface area contributed by atoms with Gasteiger partial charge in [-0.15, -0.1) is 10.2 Å². The summed E-state index contributed by atoms with van der Waals surface area (Å²) in [6.45, 7) is 1.55. The molecular weight excluding hydrogens is 242 g/mol. The molecular formula is C9H11N5O2S. The molecule has 8 heteroatoms. The topological polar surface area (TPSA) is 80.1 Å². The zero-order valence-corrected chi connectivity index (χ0v) is 10.4. The third-order valence-corrected chi connectivity index (χ3v) is 2.96. The number of nitrogens with one attached hydrogen (secondary N) is 1. The van der Waals surface area contributed by atoms with Crippen LogP contribution in [0.2, 0.25) is 0 Å². The number of nitrogens with zero attached hydrogens (tertiary/aromatic N) is 4. The summed E-state index contributed by atoms with van der Waals surface area (Å²) in [6.07, 6.45) is 1.66. The summed E-state index contributed by atoms with van der Waals surface area (Å²) < 4.78 is 1.11. The molecule has 0 saturated carbocycles. The molecule has 2 heterocycles. The molecule has 0 bridgehead atoms. The molecule has 1 amide bonds. The lowest BCUT2D eigenvalue weighted by Crippen LogP contribution is -2.40. The van der Waals surface area contributed by atoms with Crippen molar-refractivity contribution in [2.75, 3.05) is 19.5 Å². The van der Waals surface area contributed by atoms with E-state index in [2.05, 4.69) is 15.6 Å². The number of hydrogen-bond donors (Lipinski definition) is 1. The van der Waals surface area contributed by atoms with Crippen molar-refractivity contribution in [1.82, 2.24) is 19.8 Å². The number of aryl methyl sites for hydroxylation is 1. The van der Waals surface area contributed by atoms with E-state index in [1.54, 1.807) is 18.0 Å². The van der Waals surface area contributed by atoms with Crippen LogP contribution in [0.4, 0.5) is 0 Å². The molecule has 1 aliphatic heterocycles. The third-order valence-electron chi connectivity index (χ3n) is 2.00. The first-order valence-corrected chi connectivity index (χ1v) is 5.64. The summed E-state index contributed by atoms with van der Waals surface area (Å²) in [4.78, 5) is 25.6. The molecule has 0 spiro atoms. The Bertz CT molecular complexity index is 563. The van der Waals surface area contributed by atoms with Crippen molar-refractivity contribution in [2.45, 2.75) is 12.1 Å². The van der Waals surface area contributed by atoms with E-state index in [1.165, 1.54) is 0 Å². The van der Waals surface area contributed by atoms with Crippen LogP contribution in [0.25, 0.3) is 0 Å². The number of rotatable bonds is 1. The second kappa shape index (κ2) is 4.21. The molecule has 0 saturated heterocycles. The quantitative estimate of drug-likeness (QED) is 0.681. The van der Waals surface area contributed by atoms with Gasteiger partial charge < -0.3 is 4.90 Å². The molecule has 7 nitrogen and oxygen atoms in total. The molecule has 0 radical (unpaired) electrons. The van der Waals surface area contributed by atoms with Crippen LogP contribution >= 0.6 is 11.8 Å². The van der Waals surface area contributed by atoms with E-state index in [1.807, 2.05) is 14.1 Å². The Morgan fingerprint density at radius 1 is 1.35 bits per heavy atom. The van der Waals surface area contributed by atoms with E-state index in [-0.39, 0.29) is 17.2 Å². The predicted octanol–water partition coefficient (Wildman–Crippen LogP) is -0.474. The lowest BCUT2D eigenvalue weighted by molar-refractivity contribution is -0.113. The van der Waals surface area contributed by atoms with Gasteiger partial charge in [0.2, 0.25) is 5.16 Å². The van der Waals surface area contributed by atoms with Crippen LogP contribution in [-0.4, -0.2) is 39.8 Å². The zero-order chi connectivity index (χ0) is 12.6. The zero-order valence-electron chi connectivity index (χ0n) is 9.59. The summed E-state index contributed by atoms with van der Waals surface area (Å²) in [5, 5.41) is 7.96. The number of amides is 1. The fourth-order valence-corrected chi connectivity index (χ4v) is 2.14. The summed E-state index contributed by atoms with van der Waals surface area (Å²) in [6, 6.07) is 0. The van der Waals surface area contributed by atoms with Gasteiger partial charge in [0.05, 0.1) is 4.91 Å². The Labute approximate surface area is 101 Å². The standard InChI is InChI=1S/C9H11N5O2S/c1-5-8(16)14-9(11-10-5)17-6(4-13(2)3)7(15)12-14/h4H,1-3H3,(H,12,15)/b6-4+. The SMILES string of the molecule is Cc1nnc2n(c1=O)NC(=O)/C(=C\N(C)C)S2. The highest BCUT2D eigenvalue weighted by Crippen LogP contribution is 2.27. The fraction of sp³-hybridized carbons (Fsp3) is 0.333. The molecule has 17 heavy (non-hydrogen) atoms. The van der Waals surface area contributed by atoms with E-state index in [0.29, 0.717) is 10.1 Å². The minimum atomic E-state index is -0.361. The van der Waals surface area contributed by atoms with Crippen molar-refractivity contribution in [2.24, 2.45) is 0 Å². The Kier molecular flexibility index (Phi) is 2.88. The van der Waals surface area contributed by atoms with Crippen molar-refractivity contribution in [3.63, 3.8) is 0 Å². The molecule has 0 unspecified atom stereocenters. The monoisotopic (exact) mass is 253 g/mol. The molecule has 90 valence electrons. The number of aromatic nitrogens is 3. The first-order chi connectivity index (χ1) is 7.99. The van der Waals surface area contributed by atoms with Gasteiger partial charge in [0.15, 0.2) is 0 Å². The van der Waals surface area contributed by atoms with Crippen LogP contribution in [0.1, 0.15) is 5.69 Å². The Balaban J connectivity index is 2.47. The van der Waals surface area contributed by atoms with Crippen LogP contribution in [0.5, 0.6) is 0 Å². The molecule has 0 aromatic carbocycles. The van der Waals surface area contributed by atoms with Crippen LogP contribution in [0.3, 0.4) is 0 Å². The maximum atomic E-state index is 11.7. The van der Waals surface area contributed by atoms with E-state index in [4.69, 9.17) is 0 Å². The fourth-order valence-electron chi connectivity index (χ4n) is 1.24. The molecule has 1 N–H and O–H groups in total. The first-order valence-electron chi connectivity index (χ1n) is 4.83. The summed E-state index contributed by atoms with van der Waals surface area (Å²) in [5.41, 5.74) is 2.36. The third kappa shape index (κ3) is 2.16. The Morgan fingerprint density at radius 3 is 2.71 bits per heavy atom. The van der Waals surface area contributed by atoms with Crippen LogP contribution in [-0.2, 0) is 4.79 Å². The summed E-state index contributed by atoms with van der Waals surface area (Å²) >= 11 is 1.11. The number of thioether (sulfide) groups is 1. The molecule has 0 atom stereocenters. The number of carbonyl (C=O) groups excluding carboxylic acids is 1. The minimum Gasteiger partial charge on any atom is -0.382 e. The van der Waals surface area contributed by atoms with Gasteiger partial charge in [-0.2, -0.15) is 4.68 Å². The number of carbonyl (C=O) groups is 1. The van der Waals surface area contributed by atoms with E-state index < -0.39 is 0 Å². The largest absolute Gasteiger partial charge is 0.382 e. The van der Waals surface area contributed by atoms with Crippen molar-refractivity contribution >= 4 is 17.7 Å². The second-order valence-electron chi connectivity index (χ2n) is 3.71. The Hall–Kier alpha value is -1.83. The van der Waals surface area contributed by atoms with Gasteiger partial charge in [-0.3, -0.25) is 15.0 Å². The molecule has 0 aliphatic carbocycles. The first kappa shape index (κ1) is 11.6. The smallest absolute Gasteiger partial charge is 0.294 e. The van der Waals surface area contributed by atoms with Crippen molar-refractivity contribution in [1.29, 1.82) is 0 Å².